The Balaban J connectivity index is 1.70. The molecule has 0 bridgehead atoms. The fraction of sp³-hybridized carbons (Fsp3) is 0.0500. The number of amides is 1. The van der Waals surface area contributed by atoms with Gasteiger partial charge >= 0.3 is 0 Å². The highest BCUT2D eigenvalue weighted by Crippen LogP contribution is 2.25. The summed E-state index contributed by atoms with van der Waals surface area (Å²) < 4.78 is 1.77. The van der Waals surface area contributed by atoms with Crippen molar-refractivity contribution in [2.24, 2.45) is 0 Å². The largest absolute Gasteiger partial charge is 0.298 e. The van der Waals surface area contributed by atoms with Gasteiger partial charge in [0.15, 0.2) is 5.13 Å². The van der Waals surface area contributed by atoms with E-state index in [9.17, 15) is 4.79 Å². The van der Waals surface area contributed by atoms with Crippen LogP contribution in [0.5, 0.6) is 0 Å². The number of rotatable bonds is 5. The third-order valence-electron chi connectivity index (χ3n) is 3.96. The lowest BCUT2D eigenvalue weighted by Gasteiger charge is -2.03. The maximum absolute atomic E-state index is 12.8. The number of nitrogens with one attached hydrogen (secondary N) is 1. The first-order valence-corrected chi connectivity index (χ1v) is 9.53. The normalized spacial score (nSPS) is 10.7. The van der Waals surface area contributed by atoms with Crippen LogP contribution in [0.15, 0.2) is 72.4 Å². The molecule has 4 aromatic rings. The minimum Gasteiger partial charge on any atom is -0.298 e. The lowest BCUT2D eigenvalue weighted by molar-refractivity contribution is 0.102. The van der Waals surface area contributed by atoms with Gasteiger partial charge in [0.05, 0.1) is 12.1 Å². The van der Waals surface area contributed by atoms with Crippen LogP contribution in [0.1, 0.15) is 15.9 Å². The number of thiazole rings is 1. The number of hydrogen-bond acceptors (Lipinski definition) is 4. The molecule has 134 valence electrons. The molecule has 0 saturated heterocycles. The minimum atomic E-state index is -0.241. The quantitative estimate of drug-likeness (QED) is 0.520. The topological polar surface area (TPSA) is 59.8 Å². The maximum Gasteiger partial charge on any atom is 0.261 e. The van der Waals surface area contributed by atoms with E-state index in [-0.39, 0.29) is 5.91 Å². The summed E-state index contributed by atoms with van der Waals surface area (Å²) in [6, 6.07) is 17.3. The van der Waals surface area contributed by atoms with Gasteiger partial charge in [0.1, 0.15) is 5.69 Å². The summed E-state index contributed by atoms with van der Waals surface area (Å²) in [5.74, 6) is -0.241. The van der Waals surface area contributed by atoms with E-state index in [2.05, 4.69) is 15.4 Å². The van der Waals surface area contributed by atoms with Gasteiger partial charge in [-0.3, -0.25) is 14.8 Å². The molecule has 27 heavy (non-hydrogen) atoms. The Kier molecular flexibility index (Phi) is 5.00. The van der Waals surface area contributed by atoms with Crippen LogP contribution in [0.3, 0.4) is 0 Å². The van der Waals surface area contributed by atoms with Crippen LogP contribution in [0.4, 0.5) is 5.13 Å². The lowest BCUT2D eigenvalue weighted by Crippen LogP contribution is -2.12. The van der Waals surface area contributed by atoms with Crippen molar-refractivity contribution >= 4 is 34.0 Å². The molecular weight excluding hydrogens is 380 g/mol. The summed E-state index contributed by atoms with van der Waals surface area (Å²) in [5.41, 5.74) is 3.03. The van der Waals surface area contributed by atoms with E-state index in [4.69, 9.17) is 11.6 Å². The van der Waals surface area contributed by atoms with Crippen molar-refractivity contribution in [2.45, 2.75) is 6.54 Å². The zero-order chi connectivity index (χ0) is 18.6. The number of hydrogen-bond donors (Lipinski definition) is 1. The summed E-state index contributed by atoms with van der Waals surface area (Å²) in [6.45, 7) is 0.575. The van der Waals surface area contributed by atoms with Crippen LogP contribution in [0.25, 0.3) is 11.3 Å². The van der Waals surface area contributed by atoms with E-state index >= 15 is 0 Å². The molecule has 0 radical (unpaired) electrons. The first kappa shape index (κ1) is 17.5. The molecule has 2 aromatic heterocycles. The number of carbonyl (C=O) groups is 1. The van der Waals surface area contributed by atoms with Crippen LogP contribution in [-0.2, 0) is 6.54 Å². The van der Waals surface area contributed by atoms with E-state index in [0.717, 1.165) is 11.1 Å². The number of nitrogens with zero attached hydrogens (tertiary/aromatic N) is 3. The molecule has 4 rings (SSSR count). The maximum atomic E-state index is 12.8. The van der Waals surface area contributed by atoms with Crippen molar-refractivity contribution < 1.29 is 4.79 Å². The first-order chi connectivity index (χ1) is 13.2. The SMILES string of the molecule is O=C(Nc1nccs1)c1cn(Cc2ccccc2)nc1-c1ccc(Cl)cc1. The van der Waals surface area contributed by atoms with Gasteiger partial charge < -0.3 is 0 Å². The molecular formula is C20H15ClN4OS. The van der Waals surface area contributed by atoms with Gasteiger partial charge in [-0.05, 0) is 17.7 Å². The third-order valence-corrected chi connectivity index (χ3v) is 4.90. The molecule has 1 N–H and O–H groups in total. The Labute approximate surface area is 165 Å². The zero-order valence-electron chi connectivity index (χ0n) is 14.2. The molecule has 0 spiro atoms. The highest BCUT2D eigenvalue weighted by atomic mass is 35.5. The molecule has 7 heteroatoms. The average molecular weight is 395 g/mol. The zero-order valence-corrected chi connectivity index (χ0v) is 15.7. The van der Waals surface area contributed by atoms with E-state index in [1.54, 1.807) is 29.2 Å². The molecule has 2 heterocycles. The van der Waals surface area contributed by atoms with E-state index in [1.807, 2.05) is 47.8 Å². The third kappa shape index (κ3) is 4.07. The molecule has 1 amide bonds. The minimum absolute atomic E-state index is 0.241. The van der Waals surface area contributed by atoms with E-state index in [0.29, 0.717) is 28.0 Å². The number of carbonyl (C=O) groups excluding carboxylic acids is 1. The van der Waals surface area contributed by atoms with Crippen molar-refractivity contribution in [3.63, 3.8) is 0 Å². The fourth-order valence-corrected chi connectivity index (χ4v) is 3.36. The first-order valence-electron chi connectivity index (χ1n) is 8.27. The summed E-state index contributed by atoms with van der Waals surface area (Å²) in [5, 5.41) is 10.5. The highest BCUT2D eigenvalue weighted by molar-refractivity contribution is 7.13. The van der Waals surface area contributed by atoms with Crippen molar-refractivity contribution in [1.29, 1.82) is 0 Å². The monoisotopic (exact) mass is 394 g/mol. The standard InChI is InChI=1S/C20H15ClN4OS/c21-16-8-6-15(7-9-16)18-17(19(26)23-20-22-10-11-27-20)13-25(24-18)12-14-4-2-1-3-5-14/h1-11,13H,12H2,(H,22,23,26). The highest BCUT2D eigenvalue weighted by Gasteiger charge is 2.19. The second-order valence-electron chi connectivity index (χ2n) is 5.87. The summed E-state index contributed by atoms with van der Waals surface area (Å²) in [7, 11) is 0. The molecule has 0 atom stereocenters. The van der Waals surface area contributed by atoms with Crippen LogP contribution >= 0.6 is 22.9 Å². The lowest BCUT2D eigenvalue weighted by atomic mass is 10.1. The number of halogens is 1. The molecule has 2 aromatic carbocycles. The molecule has 0 aliphatic heterocycles. The van der Waals surface area contributed by atoms with E-state index < -0.39 is 0 Å². The Morgan fingerprint density at radius 1 is 1.11 bits per heavy atom. The Morgan fingerprint density at radius 2 is 1.89 bits per heavy atom. The smallest absolute Gasteiger partial charge is 0.261 e. The Hall–Kier alpha value is -2.96. The van der Waals surface area contributed by atoms with E-state index in [1.165, 1.54) is 11.3 Å². The molecule has 0 saturated carbocycles. The second-order valence-corrected chi connectivity index (χ2v) is 7.20. The van der Waals surface area contributed by atoms with Crippen LogP contribution in [-0.4, -0.2) is 20.7 Å². The van der Waals surface area contributed by atoms with Crippen molar-refractivity contribution in [3.05, 3.63) is 88.5 Å². The Bertz CT molecular complexity index is 1040. The van der Waals surface area contributed by atoms with Gasteiger partial charge in [0, 0.05) is 28.4 Å². The number of anilines is 1. The molecule has 0 aliphatic carbocycles. The van der Waals surface area contributed by atoms with Gasteiger partial charge in [-0.1, -0.05) is 54.1 Å². The summed E-state index contributed by atoms with van der Waals surface area (Å²) >= 11 is 7.37. The second kappa shape index (κ2) is 7.73. The van der Waals surface area contributed by atoms with Gasteiger partial charge in [-0.25, -0.2) is 4.98 Å². The van der Waals surface area contributed by atoms with Gasteiger partial charge in [-0.15, -0.1) is 11.3 Å². The van der Waals surface area contributed by atoms with Gasteiger partial charge in [-0.2, -0.15) is 5.10 Å². The summed E-state index contributed by atoms with van der Waals surface area (Å²) in [4.78, 5) is 16.9. The molecule has 5 nitrogen and oxygen atoms in total. The average Bonchev–Trinajstić information content (AvgIpc) is 3.33. The molecule has 0 fully saturated rings. The van der Waals surface area contributed by atoms with Crippen LogP contribution in [0, 0.1) is 0 Å². The molecule has 0 aliphatic rings. The fourth-order valence-electron chi connectivity index (χ4n) is 2.71. The summed E-state index contributed by atoms with van der Waals surface area (Å²) in [6.07, 6.45) is 3.42. The predicted octanol–water partition coefficient (Wildman–Crippen LogP) is 4.96. The van der Waals surface area contributed by atoms with Gasteiger partial charge in [0.25, 0.3) is 5.91 Å². The Morgan fingerprint density at radius 3 is 2.59 bits per heavy atom. The van der Waals surface area contributed by atoms with Gasteiger partial charge in [0.2, 0.25) is 0 Å². The van der Waals surface area contributed by atoms with Crippen molar-refractivity contribution in [3.8, 4) is 11.3 Å². The van der Waals surface area contributed by atoms with Crippen molar-refractivity contribution in [2.75, 3.05) is 5.32 Å². The van der Waals surface area contributed by atoms with Crippen LogP contribution < -0.4 is 5.32 Å². The van der Waals surface area contributed by atoms with Crippen LogP contribution in [0.2, 0.25) is 5.02 Å². The number of aromatic nitrogens is 3. The predicted molar refractivity (Wildman–Crippen MR) is 108 cm³/mol. The number of benzene rings is 2. The molecule has 0 unspecified atom stereocenters. The van der Waals surface area contributed by atoms with Crippen molar-refractivity contribution in [1.82, 2.24) is 14.8 Å².